The van der Waals surface area contributed by atoms with E-state index in [2.05, 4.69) is 10.3 Å². The maximum Gasteiger partial charge on any atom is 0.262 e. The van der Waals surface area contributed by atoms with Crippen molar-refractivity contribution in [2.45, 2.75) is 49.2 Å². The number of aromatic nitrogens is 2. The Hall–Kier alpha value is -0.920. The van der Waals surface area contributed by atoms with E-state index in [0.717, 1.165) is 25.8 Å². The van der Waals surface area contributed by atoms with Crippen molar-refractivity contribution in [3.05, 3.63) is 12.5 Å². The summed E-state index contributed by atoms with van der Waals surface area (Å²) in [5.74, 6) is 0. The van der Waals surface area contributed by atoms with Crippen molar-refractivity contribution in [1.82, 2.24) is 19.2 Å². The first-order valence-corrected chi connectivity index (χ1v) is 8.74. The second kappa shape index (κ2) is 5.46. The van der Waals surface area contributed by atoms with E-state index in [0.29, 0.717) is 6.54 Å². The van der Waals surface area contributed by atoms with Crippen LogP contribution in [0.2, 0.25) is 0 Å². The number of piperidine rings is 1. The van der Waals surface area contributed by atoms with E-state index in [1.165, 1.54) is 19.2 Å². The minimum absolute atomic E-state index is 0.169. The number of aryl methyl sites for hydroxylation is 1. The third-order valence-electron chi connectivity index (χ3n) is 4.02. The van der Waals surface area contributed by atoms with E-state index in [9.17, 15) is 8.42 Å². The number of nitrogens with one attached hydrogen (secondary N) is 1. The molecule has 1 atom stereocenters. The summed E-state index contributed by atoms with van der Waals surface area (Å²) >= 11 is 0. The normalized spacial score (nSPS) is 24.2. The molecule has 6 nitrogen and oxygen atoms in total. The molecule has 2 aliphatic rings. The van der Waals surface area contributed by atoms with Crippen LogP contribution in [0.15, 0.2) is 17.6 Å². The zero-order valence-electron chi connectivity index (χ0n) is 11.8. The van der Waals surface area contributed by atoms with Crippen molar-refractivity contribution >= 4 is 10.0 Å². The van der Waals surface area contributed by atoms with Gasteiger partial charge in [0.1, 0.15) is 0 Å². The maximum atomic E-state index is 12.7. The molecule has 1 aromatic heterocycles. The lowest BCUT2D eigenvalue weighted by Crippen LogP contribution is -2.46. The van der Waals surface area contributed by atoms with Crippen LogP contribution >= 0.6 is 0 Å². The lowest BCUT2D eigenvalue weighted by molar-refractivity contribution is 0.307. The molecule has 1 unspecified atom stereocenters. The summed E-state index contributed by atoms with van der Waals surface area (Å²) < 4.78 is 28.8. The first kappa shape index (κ1) is 14.0. The molecule has 20 heavy (non-hydrogen) atoms. The van der Waals surface area contributed by atoms with E-state index in [1.807, 2.05) is 0 Å². The molecule has 112 valence electrons. The summed E-state index contributed by atoms with van der Waals surface area (Å²) in [4.78, 5) is 4.02. The number of nitrogens with zero attached hydrogens (tertiary/aromatic N) is 3. The van der Waals surface area contributed by atoms with E-state index in [-0.39, 0.29) is 17.1 Å². The zero-order valence-corrected chi connectivity index (χ0v) is 12.6. The van der Waals surface area contributed by atoms with Gasteiger partial charge in [-0.25, -0.2) is 13.4 Å². The van der Waals surface area contributed by atoms with Crippen molar-refractivity contribution < 1.29 is 8.42 Å². The predicted octanol–water partition coefficient (Wildman–Crippen LogP) is 0.715. The van der Waals surface area contributed by atoms with Gasteiger partial charge >= 0.3 is 0 Å². The highest BCUT2D eigenvalue weighted by Crippen LogP contribution is 2.32. The standard InChI is InChI=1S/C13H22N4O2S/c1-16-9-13(15-10-16)20(18,19)17(12-5-6-12)8-11-4-2-3-7-14-11/h9-12,14H,2-8H2,1H3. The van der Waals surface area contributed by atoms with Crippen LogP contribution in [0.3, 0.4) is 0 Å². The Morgan fingerprint density at radius 3 is 2.75 bits per heavy atom. The van der Waals surface area contributed by atoms with Gasteiger partial charge in [0.2, 0.25) is 0 Å². The minimum atomic E-state index is -3.45. The lowest BCUT2D eigenvalue weighted by atomic mass is 10.1. The lowest BCUT2D eigenvalue weighted by Gasteiger charge is -2.29. The van der Waals surface area contributed by atoms with E-state index >= 15 is 0 Å². The largest absolute Gasteiger partial charge is 0.339 e. The fourth-order valence-corrected chi connectivity index (χ4v) is 4.44. The predicted molar refractivity (Wildman–Crippen MR) is 75.8 cm³/mol. The Morgan fingerprint density at radius 1 is 1.40 bits per heavy atom. The second-order valence-electron chi connectivity index (χ2n) is 5.83. The van der Waals surface area contributed by atoms with Gasteiger partial charge in [-0.05, 0) is 32.2 Å². The monoisotopic (exact) mass is 298 g/mol. The van der Waals surface area contributed by atoms with Crippen LogP contribution < -0.4 is 5.32 Å². The molecule has 0 radical (unpaired) electrons. The second-order valence-corrected chi connectivity index (χ2v) is 7.67. The minimum Gasteiger partial charge on any atom is -0.339 e. The van der Waals surface area contributed by atoms with Gasteiger partial charge in [-0.1, -0.05) is 6.42 Å². The molecule has 1 aromatic rings. The molecule has 1 saturated heterocycles. The van der Waals surface area contributed by atoms with Gasteiger partial charge in [0.25, 0.3) is 10.0 Å². The Kier molecular flexibility index (Phi) is 3.83. The van der Waals surface area contributed by atoms with Gasteiger partial charge in [-0.15, -0.1) is 0 Å². The Bertz CT molecular complexity index is 559. The van der Waals surface area contributed by atoms with Crippen LogP contribution in [0.25, 0.3) is 0 Å². The number of hydrogen-bond donors (Lipinski definition) is 1. The maximum absolute atomic E-state index is 12.7. The summed E-state index contributed by atoms with van der Waals surface area (Å²) in [5.41, 5.74) is 0. The van der Waals surface area contributed by atoms with E-state index < -0.39 is 10.0 Å². The molecule has 0 amide bonds. The number of imidazole rings is 1. The summed E-state index contributed by atoms with van der Waals surface area (Å²) in [6, 6.07) is 0.452. The Labute approximate surface area is 120 Å². The Balaban J connectivity index is 1.79. The van der Waals surface area contributed by atoms with Crippen LogP contribution in [-0.4, -0.2) is 47.4 Å². The topological polar surface area (TPSA) is 67.2 Å². The number of rotatable bonds is 5. The van der Waals surface area contributed by atoms with Crippen molar-refractivity contribution in [3.8, 4) is 0 Å². The van der Waals surface area contributed by atoms with Crippen LogP contribution in [0.5, 0.6) is 0 Å². The average Bonchev–Trinajstić information content (AvgIpc) is 3.17. The molecule has 1 saturated carbocycles. The van der Waals surface area contributed by atoms with E-state index in [4.69, 9.17) is 0 Å². The molecule has 0 spiro atoms. The quantitative estimate of drug-likeness (QED) is 0.869. The molecule has 1 aliphatic carbocycles. The van der Waals surface area contributed by atoms with Gasteiger partial charge < -0.3 is 9.88 Å². The van der Waals surface area contributed by atoms with Gasteiger partial charge in [0.05, 0.1) is 6.33 Å². The third-order valence-corrected chi connectivity index (χ3v) is 5.83. The number of sulfonamides is 1. The van der Waals surface area contributed by atoms with Crippen LogP contribution in [0.1, 0.15) is 32.1 Å². The van der Waals surface area contributed by atoms with Crippen LogP contribution in [0.4, 0.5) is 0 Å². The van der Waals surface area contributed by atoms with E-state index in [1.54, 1.807) is 22.1 Å². The van der Waals surface area contributed by atoms with Crippen molar-refractivity contribution in [1.29, 1.82) is 0 Å². The molecule has 0 aromatic carbocycles. The van der Waals surface area contributed by atoms with Crippen LogP contribution in [0, 0.1) is 0 Å². The first-order valence-electron chi connectivity index (χ1n) is 7.30. The molecule has 1 N–H and O–H groups in total. The SMILES string of the molecule is Cn1cnc(S(=O)(=O)N(CC2CCCCN2)C2CC2)c1. The van der Waals surface area contributed by atoms with Crippen molar-refractivity contribution in [2.75, 3.05) is 13.1 Å². The average molecular weight is 298 g/mol. The third kappa shape index (κ3) is 2.89. The van der Waals surface area contributed by atoms with Gasteiger partial charge in [0.15, 0.2) is 5.03 Å². The molecular formula is C13H22N4O2S. The molecule has 2 heterocycles. The summed E-state index contributed by atoms with van der Waals surface area (Å²) in [7, 11) is -1.67. The molecule has 3 rings (SSSR count). The zero-order chi connectivity index (χ0) is 14.2. The molecule has 1 aliphatic heterocycles. The van der Waals surface area contributed by atoms with Crippen molar-refractivity contribution in [3.63, 3.8) is 0 Å². The molecule has 0 bridgehead atoms. The van der Waals surface area contributed by atoms with Gasteiger partial charge in [-0.3, -0.25) is 0 Å². The molecule has 7 heteroatoms. The number of hydrogen-bond acceptors (Lipinski definition) is 4. The fourth-order valence-electron chi connectivity index (χ4n) is 2.75. The summed E-state index contributed by atoms with van der Waals surface area (Å²) in [5, 5.41) is 3.60. The highest BCUT2D eigenvalue weighted by molar-refractivity contribution is 7.89. The fraction of sp³-hybridized carbons (Fsp3) is 0.769. The van der Waals surface area contributed by atoms with Gasteiger partial charge in [0, 0.05) is 31.9 Å². The van der Waals surface area contributed by atoms with Crippen LogP contribution in [-0.2, 0) is 17.1 Å². The highest BCUT2D eigenvalue weighted by atomic mass is 32.2. The van der Waals surface area contributed by atoms with Crippen molar-refractivity contribution in [2.24, 2.45) is 7.05 Å². The first-order chi connectivity index (χ1) is 9.57. The highest BCUT2D eigenvalue weighted by Gasteiger charge is 2.40. The molecular weight excluding hydrogens is 276 g/mol. The smallest absolute Gasteiger partial charge is 0.262 e. The summed E-state index contributed by atoms with van der Waals surface area (Å²) in [6.07, 6.45) is 8.49. The summed E-state index contributed by atoms with van der Waals surface area (Å²) in [6.45, 7) is 1.57. The Morgan fingerprint density at radius 2 is 2.20 bits per heavy atom. The van der Waals surface area contributed by atoms with Gasteiger partial charge in [-0.2, -0.15) is 4.31 Å². The molecule has 2 fully saturated rings.